The second-order valence-electron chi connectivity index (χ2n) is 4.59. The van der Waals surface area contributed by atoms with Gasteiger partial charge in [0.2, 0.25) is 0 Å². The molecule has 1 aliphatic rings. The largest absolute Gasteiger partial charge is 0.462 e. The molecule has 0 aromatic heterocycles. The number of rotatable bonds is 4. The summed E-state index contributed by atoms with van der Waals surface area (Å²) < 4.78 is 30.3. The number of hydrogen-bond acceptors (Lipinski definition) is 5. The number of nitriles is 1. The van der Waals surface area contributed by atoms with Crippen molar-refractivity contribution in [3.05, 3.63) is 46.0 Å². The minimum Gasteiger partial charge on any atom is -0.462 e. The molecular formula is C17H20N2O2S. The van der Waals surface area contributed by atoms with E-state index in [1.807, 2.05) is 18.2 Å². The van der Waals surface area contributed by atoms with Crippen molar-refractivity contribution in [2.75, 3.05) is 25.9 Å². The normalized spacial score (nSPS) is 22.9. The summed E-state index contributed by atoms with van der Waals surface area (Å²) in [5, 5.41) is 9.69. The minimum absolute atomic E-state index is 0.141. The first kappa shape index (κ1) is 12.6. The molecule has 4 nitrogen and oxygen atoms in total. The molecular weight excluding hydrogens is 296 g/mol. The molecule has 1 unspecified atom stereocenters. The number of hydrogen-bond donors (Lipinski definition) is 0. The van der Waals surface area contributed by atoms with Crippen molar-refractivity contribution in [3.8, 4) is 6.07 Å². The van der Waals surface area contributed by atoms with Crippen molar-refractivity contribution in [1.82, 2.24) is 4.90 Å². The maximum atomic E-state index is 12.1. The zero-order valence-electron chi connectivity index (χ0n) is 15.6. The molecule has 0 saturated carbocycles. The number of thioether (sulfide) groups is 1. The molecule has 1 aliphatic heterocycles. The topological polar surface area (TPSA) is 53.3 Å². The highest BCUT2D eigenvalue weighted by atomic mass is 32.2. The van der Waals surface area contributed by atoms with E-state index in [1.54, 1.807) is 25.3 Å². The number of benzene rings is 1. The van der Waals surface area contributed by atoms with Crippen LogP contribution in [-0.2, 0) is 22.3 Å². The Hall–Kier alpha value is -1.93. The third kappa shape index (κ3) is 3.63. The van der Waals surface area contributed by atoms with Gasteiger partial charge in [-0.15, -0.1) is 11.8 Å². The maximum Gasteiger partial charge on any atom is 0.351 e. The van der Waals surface area contributed by atoms with Crippen molar-refractivity contribution in [1.29, 1.82) is 5.26 Å². The number of carbonyl (C=O) groups excluding carboxylic acids is 1. The van der Waals surface area contributed by atoms with Gasteiger partial charge in [-0.05, 0) is 37.1 Å². The van der Waals surface area contributed by atoms with Gasteiger partial charge in [-0.3, -0.25) is 0 Å². The van der Waals surface area contributed by atoms with Crippen LogP contribution in [0.15, 0.2) is 34.9 Å². The van der Waals surface area contributed by atoms with Gasteiger partial charge in [0.25, 0.3) is 0 Å². The zero-order valence-corrected chi connectivity index (χ0v) is 13.4. The van der Waals surface area contributed by atoms with E-state index in [2.05, 4.69) is 0 Å². The molecule has 1 aromatic rings. The van der Waals surface area contributed by atoms with Crippen LogP contribution in [0.4, 0.5) is 0 Å². The van der Waals surface area contributed by atoms with Crippen LogP contribution in [0.5, 0.6) is 0 Å². The third-order valence-corrected chi connectivity index (χ3v) is 4.10. The Morgan fingerprint density at radius 1 is 1.50 bits per heavy atom. The van der Waals surface area contributed by atoms with E-state index in [0.29, 0.717) is 18.5 Å². The lowest BCUT2D eigenvalue weighted by atomic mass is 10.0. The Bertz CT molecular complexity index is 731. The predicted octanol–water partition coefficient (Wildman–Crippen LogP) is 2.75. The summed E-state index contributed by atoms with van der Waals surface area (Å²) in [6, 6.07) is 9.00. The molecule has 1 atom stereocenters. The summed E-state index contributed by atoms with van der Waals surface area (Å²) in [6.45, 7) is 0.852. The quantitative estimate of drug-likeness (QED) is 0.485. The van der Waals surface area contributed by atoms with E-state index in [4.69, 9.17) is 8.85 Å². The van der Waals surface area contributed by atoms with Gasteiger partial charge >= 0.3 is 5.97 Å². The van der Waals surface area contributed by atoms with E-state index >= 15 is 0 Å². The van der Waals surface area contributed by atoms with Crippen LogP contribution in [-0.4, -0.2) is 36.8 Å². The summed E-state index contributed by atoms with van der Waals surface area (Å²) in [6.07, 6.45) is 0.284. The molecule has 0 spiro atoms. The number of carbonyl (C=O) groups is 1. The summed E-state index contributed by atoms with van der Waals surface area (Å²) in [5.74, 6) is -0.746. The lowest BCUT2D eigenvalue weighted by Gasteiger charge is -2.25. The lowest BCUT2D eigenvalue weighted by Crippen LogP contribution is -2.27. The van der Waals surface area contributed by atoms with Crippen molar-refractivity contribution in [3.63, 3.8) is 0 Å². The SMILES string of the molecule is [3H]C1N(/C(SC)=C(/C#N)C(=O)OCC)CCc2ccccc2C1([3H])[3H]. The second-order valence-corrected chi connectivity index (χ2v) is 5.39. The molecule has 0 amide bonds. The number of aryl methyl sites for hydroxylation is 1. The predicted molar refractivity (Wildman–Crippen MR) is 88.2 cm³/mol. The molecule has 0 radical (unpaired) electrons. The molecule has 0 N–H and O–H groups in total. The van der Waals surface area contributed by atoms with Gasteiger partial charge in [0.15, 0.2) is 5.57 Å². The number of ether oxygens (including phenoxy) is 1. The van der Waals surface area contributed by atoms with Gasteiger partial charge in [-0.2, -0.15) is 5.26 Å². The first-order valence-corrected chi connectivity index (χ1v) is 8.23. The highest BCUT2D eigenvalue weighted by Gasteiger charge is 2.23. The Morgan fingerprint density at radius 2 is 2.23 bits per heavy atom. The lowest BCUT2D eigenvalue weighted by molar-refractivity contribution is -0.138. The van der Waals surface area contributed by atoms with Crippen molar-refractivity contribution in [2.24, 2.45) is 0 Å². The van der Waals surface area contributed by atoms with Gasteiger partial charge in [-0.25, -0.2) is 4.79 Å². The fourth-order valence-corrected chi connectivity index (χ4v) is 2.95. The van der Waals surface area contributed by atoms with E-state index in [9.17, 15) is 10.1 Å². The van der Waals surface area contributed by atoms with Crippen molar-refractivity contribution in [2.45, 2.75) is 19.7 Å². The van der Waals surface area contributed by atoms with Crippen LogP contribution >= 0.6 is 11.8 Å². The summed E-state index contributed by atoms with van der Waals surface area (Å²) >= 11 is 1.15. The summed E-state index contributed by atoms with van der Waals surface area (Å²) in [4.78, 5) is 13.6. The molecule has 0 bridgehead atoms. The molecule has 1 aromatic carbocycles. The second kappa shape index (κ2) is 7.90. The zero-order chi connectivity index (χ0) is 18.6. The molecule has 0 fully saturated rings. The van der Waals surface area contributed by atoms with Gasteiger partial charge in [-0.1, -0.05) is 24.3 Å². The van der Waals surface area contributed by atoms with Gasteiger partial charge < -0.3 is 9.64 Å². The van der Waals surface area contributed by atoms with Crippen LogP contribution in [0.1, 0.15) is 22.2 Å². The van der Waals surface area contributed by atoms with E-state index in [-0.39, 0.29) is 17.2 Å². The van der Waals surface area contributed by atoms with Crippen molar-refractivity contribution >= 4 is 17.7 Å². The Balaban J connectivity index is 2.52. The highest BCUT2D eigenvalue weighted by Crippen LogP contribution is 2.26. The third-order valence-electron chi connectivity index (χ3n) is 3.27. The summed E-state index contributed by atoms with van der Waals surface area (Å²) in [7, 11) is 0. The molecule has 5 heteroatoms. The van der Waals surface area contributed by atoms with Gasteiger partial charge in [0.1, 0.15) is 6.07 Å². The fraction of sp³-hybridized carbons (Fsp3) is 0.412. The number of esters is 1. The minimum atomic E-state index is -1.94. The molecule has 0 saturated heterocycles. The fourth-order valence-electron chi connectivity index (χ4n) is 2.24. The van der Waals surface area contributed by atoms with Gasteiger partial charge in [0, 0.05) is 17.2 Å². The maximum absolute atomic E-state index is 12.1. The number of fused-ring (bicyclic) bond motifs is 1. The van der Waals surface area contributed by atoms with Crippen molar-refractivity contribution < 1.29 is 13.6 Å². The standard InChI is InChI=1S/C17H20N2O2S/c1-3-21-17(20)15(12-18)16(22-2)19-10-8-13-6-4-5-7-14(13)9-11-19/h4-7H,3,8-11H2,1-2H3/b16-15+/i8T2,10T. The first-order chi connectivity index (χ1) is 11.9. The number of nitrogens with zero attached hydrogens (tertiary/aromatic N) is 2. The molecule has 1 heterocycles. The van der Waals surface area contributed by atoms with Crippen LogP contribution in [0.2, 0.25) is 0 Å². The monoisotopic (exact) mass is 322 g/mol. The van der Waals surface area contributed by atoms with Crippen LogP contribution in [0.3, 0.4) is 0 Å². The highest BCUT2D eigenvalue weighted by molar-refractivity contribution is 8.02. The van der Waals surface area contributed by atoms with Gasteiger partial charge in [0.05, 0.1) is 11.6 Å². The van der Waals surface area contributed by atoms with E-state index < -0.39 is 18.9 Å². The first-order valence-electron chi connectivity index (χ1n) is 8.58. The molecule has 116 valence electrons. The molecule has 22 heavy (non-hydrogen) atoms. The smallest absolute Gasteiger partial charge is 0.351 e. The van der Waals surface area contributed by atoms with Crippen LogP contribution < -0.4 is 0 Å². The Kier molecular flexibility index (Phi) is 4.53. The van der Waals surface area contributed by atoms with E-state index in [0.717, 1.165) is 17.3 Å². The summed E-state index contributed by atoms with van der Waals surface area (Å²) in [5.41, 5.74) is 1.13. The molecule has 0 aliphatic carbocycles. The average molecular weight is 322 g/mol. The average Bonchev–Trinajstić information content (AvgIpc) is 2.69. The molecule has 2 rings (SSSR count). The Labute approximate surface area is 140 Å². The van der Waals surface area contributed by atoms with E-state index in [1.165, 1.54) is 4.90 Å². The van der Waals surface area contributed by atoms with Crippen LogP contribution in [0, 0.1) is 11.3 Å². The van der Waals surface area contributed by atoms with Crippen LogP contribution in [0.25, 0.3) is 0 Å². The Morgan fingerprint density at radius 3 is 2.86 bits per heavy atom.